The lowest BCUT2D eigenvalue weighted by atomic mass is 10.1. The normalized spacial score (nSPS) is 14.1. The summed E-state index contributed by atoms with van der Waals surface area (Å²) in [5, 5.41) is 14.9. The van der Waals surface area contributed by atoms with Crippen molar-refractivity contribution in [2.45, 2.75) is 25.9 Å². The highest BCUT2D eigenvalue weighted by molar-refractivity contribution is 6.30. The van der Waals surface area contributed by atoms with Gasteiger partial charge in [-0.3, -0.25) is 0 Å². The summed E-state index contributed by atoms with van der Waals surface area (Å²) in [5.41, 5.74) is 1.10. The third kappa shape index (κ3) is 3.45. The molecule has 6 heteroatoms. The van der Waals surface area contributed by atoms with Crippen LogP contribution in [-0.2, 0) is 0 Å². The first-order valence-electron chi connectivity index (χ1n) is 6.13. The largest absolute Gasteiger partial charge is 0.406 e. The fourth-order valence-electron chi connectivity index (χ4n) is 1.61. The maximum atomic E-state index is 5.86. The van der Waals surface area contributed by atoms with Crippen LogP contribution in [0.2, 0.25) is 5.02 Å². The molecular weight excluding hydrogens is 264 g/mol. The Balaban J connectivity index is 2.04. The molecule has 102 valence electrons. The molecule has 0 saturated carbocycles. The summed E-state index contributed by atoms with van der Waals surface area (Å²) in [7, 11) is 1.85. The zero-order valence-electron chi connectivity index (χ0n) is 11.1. The lowest BCUT2D eigenvalue weighted by Crippen LogP contribution is -2.12. The molecule has 1 heterocycles. The molecule has 0 aliphatic carbocycles. The highest BCUT2D eigenvalue weighted by Crippen LogP contribution is 2.21. The van der Waals surface area contributed by atoms with Crippen molar-refractivity contribution in [1.29, 1.82) is 0 Å². The van der Waals surface area contributed by atoms with Gasteiger partial charge in [-0.1, -0.05) is 28.8 Å². The van der Waals surface area contributed by atoms with Gasteiger partial charge in [-0.15, -0.1) is 5.10 Å². The first-order chi connectivity index (χ1) is 9.10. The summed E-state index contributed by atoms with van der Waals surface area (Å²) in [6, 6.07) is 8.17. The van der Waals surface area contributed by atoms with Gasteiger partial charge in [0.1, 0.15) is 0 Å². The van der Waals surface area contributed by atoms with Gasteiger partial charge >= 0.3 is 6.01 Å². The van der Waals surface area contributed by atoms with Crippen molar-refractivity contribution in [1.82, 2.24) is 15.5 Å². The second kappa shape index (κ2) is 6.04. The van der Waals surface area contributed by atoms with Gasteiger partial charge in [-0.2, -0.15) is 0 Å². The summed E-state index contributed by atoms with van der Waals surface area (Å²) in [6.45, 7) is 3.98. The summed E-state index contributed by atoms with van der Waals surface area (Å²) < 4.78 is 5.53. The van der Waals surface area contributed by atoms with Gasteiger partial charge < -0.3 is 15.1 Å². The van der Waals surface area contributed by atoms with Crippen molar-refractivity contribution in [3.8, 4) is 0 Å². The third-order valence-corrected chi connectivity index (χ3v) is 3.21. The zero-order valence-corrected chi connectivity index (χ0v) is 11.9. The quantitative estimate of drug-likeness (QED) is 0.881. The second-order valence-electron chi connectivity index (χ2n) is 4.37. The SMILES string of the molecule is CNC(C)c1nnc(NC(C)c2ccc(Cl)cc2)o1. The van der Waals surface area contributed by atoms with E-state index < -0.39 is 0 Å². The van der Waals surface area contributed by atoms with Gasteiger partial charge in [0.05, 0.1) is 12.1 Å². The Labute approximate surface area is 117 Å². The van der Waals surface area contributed by atoms with Gasteiger partial charge in [-0.05, 0) is 38.6 Å². The zero-order chi connectivity index (χ0) is 13.8. The number of rotatable bonds is 5. The number of nitrogens with one attached hydrogen (secondary N) is 2. The first kappa shape index (κ1) is 13.8. The van der Waals surface area contributed by atoms with Crippen LogP contribution in [0.3, 0.4) is 0 Å². The van der Waals surface area contributed by atoms with Crippen molar-refractivity contribution in [3.05, 3.63) is 40.7 Å². The molecule has 0 saturated heterocycles. The third-order valence-electron chi connectivity index (χ3n) is 2.95. The van der Waals surface area contributed by atoms with Crippen LogP contribution in [0.1, 0.15) is 37.4 Å². The lowest BCUT2D eigenvalue weighted by molar-refractivity contribution is 0.439. The summed E-state index contributed by atoms with van der Waals surface area (Å²) in [5.74, 6) is 0.563. The summed E-state index contributed by atoms with van der Waals surface area (Å²) in [4.78, 5) is 0. The molecule has 5 nitrogen and oxygen atoms in total. The molecule has 0 fully saturated rings. The van der Waals surface area contributed by atoms with Crippen molar-refractivity contribution in [3.63, 3.8) is 0 Å². The fourth-order valence-corrected chi connectivity index (χ4v) is 1.74. The van der Waals surface area contributed by atoms with E-state index in [2.05, 4.69) is 20.8 Å². The van der Waals surface area contributed by atoms with E-state index in [4.69, 9.17) is 16.0 Å². The standard InChI is InChI=1S/C13H17ClN4O/c1-8(10-4-6-11(14)7-5-10)16-13-18-17-12(19-13)9(2)15-3/h4-9,15H,1-3H3,(H,16,18). The average Bonchev–Trinajstić information content (AvgIpc) is 2.87. The minimum Gasteiger partial charge on any atom is -0.406 e. The van der Waals surface area contributed by atoms with E-state index in [9.17, 15) is 0 Å². The number of hydrogen-bond donors (Lipinski definition) is 2. The molecule has 2 rings (SSSR count). The Morgan fingerprint density at radius 1 is 1.11 bits per heavy atom. The van der Waals surface area contributed by atoms with E-state index >= 15 is 0 Å². The molecule has 2 unspecified atom stereocenters. The number of hydrogen-bond acceptors (Lipinski definition) is 5. The predicted molar refractivity (Wildman–Crippen MR) is 75.3 cm³/mol. The van der Waals surface area contributed by atoms with E-state index in [1.807, 2.05) is 45.2 Å². The average molecular weight is 281 g/mol. The molecule has 0 aliphatic rings. The molecule has 19 heavy (non-hydrogen) atoms. The van der Waals surface area contributed by atoms with Crippen LogP contribution in [0.15, 0.2) is 28.7 Å². The van der Waals surface area contributed by atoms with Crippen LogP contribution in [0.4, 0.5) is 6.01 Å². The second-order valence-corrected chi connectivity index (χ2v) is 4.81. The summed E-state index contributed by atoms with van der Waals surface area (Å²) in [6.07, 6.45) is 0. The fraction of sp³-hybridized carbons (Fsp3) is 0.385. The van der Waals surface area contributed by atoms with E-state index in [0.717, 1.165) is 10.6 Å². The number of anilines is 1. The van der Waals surface area contributed by atoms with Crippen LogP contribution < -0.4 is 10.6 Å². The molecule has 1 aromatic carbocycles. The topological polar surface area (TPSA) is 63.0 Å². The molecule has 0 radical (unpaired) electrons. The first-order valence-corrected chi connectivity index (χ1v) is 6.50. The number of halogens is 1. The van der Waals surface area contributed by atoms with Crippen LogP contribution in [-0.4, -0.2) is 17.2 Å². The Morgan fingerprint density at radius 2 is 1.79 bits per heavy atom. The van der Waals surface area contributed by atoms with Gasteiger partial charge in [0.15, 0.2) is 0 Å². The Hall–Kier alpha value is -1.59. The van der Waals surface area contributed by atoms with E-state index in [-0.39, 0.29) is 12.1 Å². The predicted octanol–water partition coefficient (Wildman–Crippen LogP) is 3.18. The Morgan fingerprint density at radius 3 is 2.42 bits per heavy atom. The lowest BCUT2D eigenvalue weighted by Gasteiger charge is -2.12. The van der Waals surface area contributed by atoms with Crippen molar-refractivity contribution >= 4 is 17.6 Å². The van der Waals surface area contributed by atoms with Crippen molar-refractivity contribution in [2.24, 2.45) is 0 Å². The molecule has 0 amide bonds. The molecule has 0 bridgehead atoms. The molecule has 2 N–H and O–H groups in total. The molecule has 0 aliphatic heterocycles. The summed E-state index contributed by atoms with van der Waals surface area (Å²) >= 11 is 5.86. The molecule has 2 aromatic rings. The van der Waals surface area contributed by atoms with Gasteiger partial charge in [-0.25, -0.2) is 0 Å². The van der Waals surface area contributed by atoms with Crippen molar-refractivity contribution < 1.29 is 4.42 Å². The molecule has 0 spiro atoms. The minimum atomic E-state index is 0.0360. The number of aromatic nitrogens is 2. The molecule has 2 atom stereocenters. The molecular formula is C13H17ClN4O. The highest BCUT2D eigenvalue weighted by Gasteiger charge is 2.14. The van der Waals surface area contributed by atoms with Crippen LogP contribution in [0.25, 0.3) is 0 Å². The van der Waals surface area contributed by atoms with E-state index in [1.165, 1.54) is 0 Å². The van der Waals surface area contributed by atoms with Gasteiger partial charge in [0.2, 0.25) is 5.89 Å². The van der Waals surface area contributed by atoms with Gasteiger partial charge in [0.25, 0.3) is 0 Å². The van der Waals surface area contributed by atoms with Crippen LogP contribution in [0.5, 0.6) is 0 Å². The maximum absolute atomic E-state index is 5.86. The Kier molecular flexibility index (Phi) is 4.39. The molecule has 1 aromatic heterocycles. The smallest absolute Gasteiger partial charge is 0.315 e. The monoisotopic (exact) mass is 280 g/mol. The highest BCUT2D eigenvalue weighted by atomic mass is 35.5. The van der Waals surface area contributed by atoms with Crippen LogP contribution in [0, 0.1) is 0 Å². The maximum Gasteiger partial charge on any atom is 0.315 e. The van der Waals surface area contributed by atoms with Gasteiger partial charge in [0, 0.05) is 5.02 Å². The number of nitrogens with zero attached hydrogens (tertiary/aromatic N) is 2. The van der Waals surface area contributed by atoms with Crippen LogP contribution >= 0.6 is 11.6 Å². The number of benzene rings is 1. The van der Waals surface area contributed by atoms with E-state index in [1.54, 1.807) is 0 Å². The Bertz CT molecular complexity index is 526. The van der Waals surface area contributed by atoms with E-state index in [0.29, 0.717) is 11.9 Å². The van der Waals surface area contributed by atoms with Crippen molar-refractivity contribution in [2.75, 3.05) is 12.4 Å². The minimum absolute atomic E-state index is 0.0360.